The molecule has 0 aliphatic heterocycles. The lowest BCUT2D eigenvalue weighted by atomic mass is 9.97. The number of unbranched alkanes of at least 4 members (excludes halogenated alkanes) is 4. The molecule has 1 N–H and O–H groups in total. The van der Waals surface area contributed by atoms with Crippen molar-refractivity contribution in [1.29, 1.82) is 0 Å². The summed E-state index contributed by atoms with van der Waals surface area (Å²) < 4.78 is 0. The molecule has 0 saturated carbocycles. The molecular formula is C12H22O2. The number of carboxylic acids is 1. The van der Waals surface area contributed by atoms with Gasteiger partial charge in [-0.25, -0.2) is 0 Å². The van der Waals surface area contributed by atoms with Gasteiger partial charge in [-0.3, -0.25) is 4.79 Å². The van der Waals surface area contributed by atoms with Crippen LogP contribution in [0.15, 0.2) is 12.7 Å². The molecule has 2 heteroatoms. The van der Waals surface area contributed by atoms with Crippen molar-refractivity contribution >= 4 is 5.97 Å². The maximum Gasteiger partial charge on any atom is 0.306 e. The van der Waals surface area contributed by atoms with E-state index >= 15 is 0 Å². The minimum atomic E-state index is -0.680. The molecule has 0 aliphatic rings. The monoisotopic (exact) mass is 198 g/mol. The SMILES string of the molecule is C=CC[C@@H](CCCCCCC)C(=O)O. The standard InChI is InChI=1S/C12H22O2/c1-3-5-6-7-8-10-11(9-4-2)12(13)14/h4,11H,2-3,5-10H2,1H3,(H,13,14)/t11-/m0/s1. The first-order chi connectivity index (χ1) is 6.72. The Hall–Kier alpha value is -0.790. The van der Waals surface area contributed by atoms with Gasteiger partial charge in [0.05, 0.1) is 5.92 Å². The van der Waals surface area contributed by atoms with E-state index in [1.54, 1.807) is 6.08 Å². The quantitative estimate of drug-likeness (QED) is 0.454. The first-order valence-corrected chi connectivity index (χ1v) is 5.56. The highest BCUT2D eigenvalue weighted by molar-refractivity contribution is 5.70. The minimum Gasteiger partial charge on any atom is -0.481 e. The van der Waals surface area contributed by atoms with E-state index in [-0.39, 0.29) is 5.92 Å². The summed E-state index contributed by atoms with van der Waals surface area (Å²) in [6.07, 6.45) is 9.02. The molecule has 0 aliphatic carbocycles. The zero-order valence-corrected chi connectivity index (χ0v) is 9.17. The molecule has 0 bridgehead atoms. The Balaban J connectivity index is 3.50. The molecule has 0 amide bonds. The molecule has 14 heavy (non-hydrogen) atoms. The third kappa shape index (κ3) is 6.70. The summed E-state index contributed by atoms with van der Waals surface area (Å²) in [5, 5.41) is 8.86. The van der Waals surface area contributed by atoms with Crippen LogP contribution in [-0.4, -0.2) is 11.1 Å². The van der Waals surface area contributed by atoms with E-state index in [1.165, 1.54) is 19.3 Å². The normalized spacial score (nSPS) is 12.4. The number of aliphatic carboxylic acids is 1. The molecule has 0 spiro atoms. The van der Waals surface area contributed by atoms with Crippen molar-refractivity contribution in [3.63, 3.8) is 0 Å². The van der Waals surface area contributed by atoms with Crippen molar-refractivity contribution in [2.45, 2.75) is 51.9 Å². The number of allylic oxidation sites excluding steroid dienone is 1. The molecule has 2 nitrogen and oxygen atoms in total. The van der Waals surface area contributed by atoms with Crippen molar-refractivity contribution in [1.82, 2.24) is 0 Å². The maximum atomic E-state index is 10.8. The third-order valence-corrected chi connectivity index (χ3v) is 2.46. The van der Waals surface area contributed by atoms with E-state index in [1.807, 2.05) is 0 Å². The van der Waals surface area contributed by atoms with Crippen LogP contribution in [0.4, 0.5) is 0 Å². The average molecular weight is 198 g/mol. The molecular weight excluding hydrogens is 176 g/mol. The van der Waals surface area contributed by atoms with Crippen molar-refractivity contribution in [3.05, 3.63) is 12.7 Å². The van der Waals surface area contributed by atoms with E-state index < -0.39 is 5.97 Å². The summed E-state index contributed by atoms with van der Waals surface area (Å²) in [7, 11) is 0. The molecule has 0 aromatic rings. The zero-order valence-electron chi connectivity index (χ0n) is 9.17. The third-order valence-electron chi connectivity index (χ3n) is 2.46. The van der Waals surface area contributed by atoms with Crippen LogP contribution < -0.4 is 0 Å². The molecule has 0 saturated heterocycles. The Bertz CT molecular complexity index is 164. The summed E-state index contributed by atoms with van der Waals surface area (Å²) in [5.41, 5.74) is 0. The average Bonchev–Trinajstić information content (AvgIpc) is 2.15. The molecule has 0 fully saturated rings. The highest BCUT2D eigenvalue weighted by atomic mass is 16.4. The number of carbonyl (C=O) groups is 1. The van der Waals surface area contributed by atoms with Crippen LogP contribution in [0.5, 0.6) is 0 Å². The molecule has 0 heterocycles. The molecule has 0 unspecified atom stereocenters. The van der Waals surface area contributed by atoms with Gasteiger partial charge in [0.15, 0.2) is 0 Å². The molecule has 0 aromatic carbocycles. The molecule has 1 atom stereocenters. The van der Waals surface area contributed by atoms with Gasteiger partial charge in [-0.05, 0) is 12.8 Å². The number of rotatable bonds is 9. The molecule has 0 aromatic heterocycles. The molecule has 82 valence electrons. The van der Waals surface area contributed by atoms with Crippen LogP contribution in [0.3, 0.4) is 0 Å². The summed E-state index contributed by atoms with van der Waals surface area (Å²) in [6.45, 7) is 5.76. The minimum absolute atomic E-state index is 0.214. The van der Waals surface area contributed by atoms with E-state index in [4.69, 9.17) is 5.11 Å². The van der Waals surface area contributed by atoms with Crippen LogP contribution in [0.1, 0.15) is 51.9 Å². The van der Waals surface area contributed by atoms with Crippen LogP contribution in [-0.2, 0) is 4.79 Å². The first kappa shape index (κ1) is 13.2. The van der Waals surface area contributed by atoms with Gasteiger partial charge >= 0.3 is 5.97 Å². The summed E-state index contributed by atoms with van der Waals surface area (Å²) in [5.74, 6) is -0.894. The van der Waals surface area contributed by atoms with Gasteiger partial charge in [-0.1, -0.05) is 45.1 Å². The number of hydrogen-bond donors (Lipinski definition) is 1. The van der Waals surface area contributed by atoms with Gasteiger partial charge in [-0.15, -0.1) is 6.58 Å². The van der Waals surface area contributed by atoms with E-state index in [0.29, 0.717) is 6.42 Å². The number of carboxylic acid groups (broad SMARTS) is 1. The Labute approximate surface area is 87.0 Å². The fourth-order valence-corrected chi connectivity index (χ4v) is 1.54. The Morgan fingerprint density at radius 3 is 2.50 bits per heavy atom. The first-order valence-electron chi connectivity index (χ1n) is 5.56. The second-order valence-electron chi connectivity index (χ2n) is 3.76. The Kier molecular flexibility index (Phi) is 8.30. The smallest absolute Gasteiger partial charge is 0.306 e. The Morgan fingerprint density at radius 2 is 2.00 bits per heavy atom. The largest absolute Gasteiger partial charge is 0.481 e. The van der Waals surface area contributed by atoms with Gasteiger partial charge in [0.25, 0.3) is 0 Å². The van der Waals surface area contributed by atoms with E-state index in [0.717, 1.165) is 19.3 Å². The lowest BCUT2D eigenvalue weighted by Gasteiger charge is -2.08. The summed E-state index contributed by atoms with van der Waals surface area (Å²) >= 11 is 0. The van der Waals surface area contributed by atoms with Crippen LogP contribution in [0.2, 0.25) is 0 Å². The summed E-state index contributed by atoms with van der Waals surface area (Å²) in [6, 6.07) is 0. The second-order valence-corrected chi connectivity index (χ2v) is 3.76. The Morgan fingerprint density at radius 1 is 1.36 bits per heavy atom. The summed E-state index contributed by atoms with van der Waals surface area (Å²) in [4.78, 5) is 10.8. The van der Waals surface area contributed by atoms with E-state index in [2.05, 4.69) is 13.5 Å². The second kappa shape index (κ2) is 8.79. The van der Waals surface area contributed by atoms with Gasteiger partial charge in [0.2, 0.25) is 0 Å². The van der Waals surface area contributed by atoms with Gasteiger partial charge in [0, 0.05) is 0 Å². The van der Waals surface area contributed by atoms with Crippen molar-refractivity contribution in [3.8, 4) is 0 Å². The van der Waals surface area contributed by atoms with Crippen LogP contribution >= 0.6 is 0 Å². The fraction of sp³-hybridized carbons (Fsp3) is 0.750. The zero-order chi connectivity index (χ0) is 10.8. The van der Waals surface area contributed by atoms with Crippen LogP contribution in [0.25, 0.3) is 0 Å². The number of hydrogen-bond acceptors (Lipinski definition) is 1. The van der Waals surface area contributed by atoms with Gasteiger partial charge in [-0.2, -0.15) is 0 Å². The molecule has 0 radical (unpaired) electrons. The predicted molar refractivity (Wildman–Crippen MR) is 59.3 cm³/mol. The van der Waals surface area contributed by atoms with Crippen molar-refractivity contribution < 1.29 is 9.90 Å². The van der Waals surface area contributed by atoms with Gasteiger partial charge < -0.3 is 5.11 Å². The molecule has 0 rings (SSSR count). The van der Waals surface area contributed by atoms with Crippen molar-refractivity contribution in [2.75, 3.05) is 0 Å². The lowest BCUT2D eigenvalue weighted by Crippen LogP contribution is -2.12. The van der Waals surface area contributed by atoms with Crippen LogP contribution in [0, 0.1) is 5.92 Å². The fourth-order valence-electron chi connectivity index (χ4n) is 1.54. The predicted octanol–water partition coefficient (Wildman–Crippen LogP) is 3.62. The van der Waals surface area contributed by atoms with E-state index in [9.17, 15) is 4.79 Å². The highest BCUT2D eigenvalue weighted by Gasteiger charge is 2.14. The maximum absolute atomic E-state index is 10.8. The lowest BCUT2D eigenvalue weighted by molar-refractivity contribution is -0.141. The van der Waals surface area contributed by atoms with Crippen molar-refractivity contribution in [2.24, 2.45) is 5.92 Å². The topological polar surface area (TPSA) is 37.3 Å². The highest BCUT2D eigenvalue weighted by Crippen LogP contribution is 2.15. The van der Waals surface area contributed by atoms with Gasteiger partial charge in [0.1, 0.15) is 0 Å².